The van der Waals surface area contributed by atoms with E-state index in [2.05, 4.69) is 11.0 Å². The predicted molar refractivity (Wildman–Crippen MR) is 210 cm³/mol. The summed E-state index contributed by atoms with van der Waals surface area (Å²) in [4.78, 5) is 39.1. The minimum atomic E-state index is -3.08. The highest BCUT2D eigenvalue weighted by atomic mass is 19.3. The maximum Gasteiger partial charge on any atom is 0.387 e. The number of carboxylic acid groups (broad SMARTS) is 1. The summed E-state index contributed by atoms with van der Waals surface area (Å²) in [6, 6.07) is 20.1. The van der Waals surface area contributed by atoms with Crippen LogP contribution in [0, 0.1) is 30.6 Å². The smallest absolute Gasteiger partial charge is 0.387 e. The molecule has 0 unspecified atom stereocenters. The van der Waals surface area contributed by atoms with E-state index in [1.807, 2.05) is 67.3 Å². The van der Waals surface area contributed by atoms with Crippen LogP contribution < -0.4 is 4.74 Å². The van der Waals surface area contributed by atoms with Crippen molar-refractivity contribution in [2.75, 3.05) is 32.7 Å². The van der Waals surface area contributed by atoms with Crippen molar-refractivity contribution < 1.29 is 37.0 Å². The molecule has 0 aliphatic carbocycles. The maximum atomic E-state index is 13.5. The Labute approximate surface area is 332 Å². The van der Waals surface area contributed by atoms with E-state index in [1.165, 1.54) is 6.07 Å². The van der Waals surface area contributed by atoms with E-state index in [4.69, 9.17) is 23.5 Å². The Kier molecular flexibility index (Phi) is 9.25. The Morgan fingerprint density at radius 1 is 0.931 bits per heavy atom. The number of amides is 1. The lowest BCUT2D eigenvalue weighted by atomic mass is 9.72. The van der Waals surface area contributed by atoms with Crippen LogP contribution in [0.15, 0.2) is 69.5 Å². The highest BCUT2D eigenvalue weighted by Crippen LogP contribution is 2.42. The van der Waals surface area contributed by atoms with Gasteiger partial charge in [-0.2, -0.15) is 14.0 Å². The van der Waals surface area contributed by atoms with Crippen LogP contribution in [0.4, 0.5) is 8.78 Å². The number of nitriles is 1. The average Bonchev–Trinajstić information content (AvgIpc) is 3.90. The van der Waals surface area contributed by atoms with E-state index >= 15 is 0 Å². The summed E-state index contributed by atoms with van der Waals surface area (Å²) >= 11 is 0. The summed E-state index contributed by atoms with van der Waals surface area (Å²) < 4.78 is 44.4. The molecular formula is C44H40F2N6O6. The van der Waals surface area contributed by atoms with Crippen molar-refractivity contribution in [1.82, 2.24) is 24.7 Å². The van der Waals surface area contributed by atoms with Gasteiger partial charge in [-0.15, -0.1) is 0 Å². The molecule has 5 heterocycles. The zero-order chi connectivity index (χ0) is 40.5. The molecule has 1 amide bonds. The van der Waals surface area contributed by atoms with Crippen molar-refractivity contribution in [3.8, 4) is 45.9 Å². The Morgan fingerprint density at radius 3 is 2.22 bits per heavy atom. The number of benzene rings is 4. The minimum Gasteiger partial charge on any atom is -0.480 e. The number of fused-ring (bicyclic) bond motifs is 2. The second-order valence-electron chi connectivity index (χ2n) is 15.9. The number of ether oxygens (including phenoxy) is 1. The van der Waals surface area contributed by atoms with Crippen LogP contribution >= 0.6 is 0 Å². The Morgan fingerprint density at radius 2 is 1.59 bits per heavy atom. The molecule has 296 valence electrons. The first kappa shape index (κ1) is 37.4. The topological polar surface area (TPSA) is 149 Å². The van der Waals surface area contributed by atoms with Gasteiger partial charge in [-0.25, -0.2) is 9.97 Å². The molecule has 14 heteroatoms. The summed E-state index contributed by atoms with van der Waals surface area (Å²) in [7, 11) is 0. The molecule has 3 saturated heterocycles. The van der Waals surface area contributed by atoms with Crippen LogP contribution in [0.2, 0.25) is 0 Å². The molecule has 4 aromatic carbocycles. The molecule has 12 nitrogen and oxygen atoms in total. The molecule has 9 rings (SSSR count). The fourth-order valence-corrected chi connectivity index (χ4v) is 9.11. The van der Waals surface area contributed by atoms with Crippen LogP contribution in [-0.2, 0) is 22.7 Å². The molecular weight excluding hydrogens is 747 g/mol. The van der Waals surface area contributed by atoms with Crippen LogP contribution in [0.5, 0.6) is 5.75 Å². The first-order valence-corrected chi connectivity index (χ1v) is 19.3. The zero-order valence-electron chi connectivity index (χ0n) is 32.2. The first-order valence-electron chi connectivity index (χ1n) is 19.3. The second-order valence-corrected chi connectivity index (χ2v) is 15.9. The van der Waals surface area contributed by atoms with E-state index in [9.17, 15) is 28.7 Å². The van der Waals surface area contributed by atoms with Crippen molar-refractivity contribution in [1.29, 1.82) is 5.26 Å². The number of halogens is 2. The zero-order valence-corrected chi connectivity index (χ0v) is 32.2. The molecule has 58 heavy (non-hydrogen) atoms. The third-order valence-electron chi connectivity index (χ3n) is 11.9. The number of hydrogen-bond acceptors (Lipinski definition) is 10. The van der Waals surface area contributed by atoms with E-state index in [-0.39, 0.29) is 29.2 Å². The van der Waals surface area contributed by atoms with E-state index in [0.29, 0.717) is 71.0 Å². The molecule has 0 saturated carbocycles. The number of rotatable bonds is 10. The minimum absolute atomic E-state index is 0.0854. The third-order valence-corrected chi connectivity index (χ3v) is 11.9. The average molecular weight is 787 g/mol. The SMILES string of the molecule is CC(=O)N1CC2(CN(Cc3cc(C#N)c4oc(-c5cccc(-c6cccc(-c7nc8cc(CN9CCC[C@H]9C(=O)O)c(OC(F)F)cc8o7)c6C)c5C)nc4c3)C2)C1. The van der Waals surface area contributed by atoms with Gasteiger partial charge in [0.25, 0.3) is 0 Å². The Bertz CT molecular complexity index is 2670. The molecule has 3 aliphatic rings. The number of alkyl halides is 2. The number of aliphatic carboxylic acids is 1. The highest BCUT2D eigenvalue weighted by Gasteiger charge is 2.52. The van der Waals surface area contributed by atoms with Gasteiger partial charge in [0.1, 0.15) is 28.9 Å². The maximum absolute atomic E-state index is 13.5. The number of carbonyl (C=O) groups excluding carboxylic acids is 1. The fraction of sp³-hybridized carbons (Fsp3) is 0.341. The van der Waals surface area contributed by atoms with Crippen LogP contribution in [0.1, 0.15) is 47.6 Å². The van der Waals surface area contributed by atoms with Gasteiger partial charge in [0.15, 0.2) is 11.2 Å². The monoisotopic (exact) mass is 786 g/mol. The molecule has 1 atom stereocenters. The Balaban J connectivity index is 0.998. The van der Waals surface area contributed by atoms with Crippen molar-refractivity contribution in [3.63, 3.8) is 0 Å². The van der Waals surface area contributed by atoms with E-state index < -0.39 is 18.6 Å². The molecule has 3 fully saturated rings. The molecule has 6 aromatic rings. The summed E-state index contributed by atoms with van der Waals surface area (Å²) in [5.41, 5.74) is 8.83. The van der Waals surface area contributed by atoms with Crippen LogP contribution in [-0.4, -0.2) is 87.0 Å². The van der Waals surface area contributed by atoms with Gasteiger partial charge in [0.05, 0.1) is 5.56 Å². The van der Waals surface area contributed by atoms with Gasteiger partial charge in [-0.05, 0) is 91.4 Å². The summed E-state index contributed by atoms with van der Waals surface area (Å²) in [5.74, 6) is -0.219. The normalized spacial score (nSPS) is 17.9. The van der Waals surface area contributed by atoms with Gasteiger partial charge in [-0.1, -0.05) is 24.3 Å². The van der Waals surface area contributed by atoms with Gasteiger partial charge in [0, 0.05) is 74.4 Å². The number of oxazole rings is 2. The molecule has 0 bridgehead atoms. The number of aromatic nitrogens is 2. The standard InChI is InChI=1S/C44H40F2N6O6/c1-24-30(7-4-9-32(24)40-48-34-15-29(19-51-12-6-11-36(51)42(54)55)37(57-43(45)46)16-38(34)56-40)31-8-5-10-33(25(31)2)41-49-35-14-27(13-28(17-47)39(35)58-41)18-50-20-44(21-50)22-52(23-44)26(3)53/h4-5,7-10,13-16,36,43H,6,11-12,18-23H2,1-3H3,(H,54,55)/t36-/m0/s1. The highest BCUT2D eigenvalue weighted by molar-refractivity contribution is 5.86. The van der Waals surface area contributed by atoms with Crippen molar-refractivity contribution in [3.05, 3.63) is 88.5 Å². The lowest BCUT2D eigenvalue weighted by Crippen LogP contribution is -2.72. The van der Waals surface area contributed by atoms with Gasteiger partial charge < -0.3 is 23.6 Å². The molecule has 1 N–H and O–H groups in total. The second kappa shape index (κ2) is 14.3. The quantitative estimate of drug-likeness (QED) is 0.145. The molecule has 1 spiro atoms. The molecule has 3 aliphatic heterocycles. The Hall–Kier alpha value is -6.17. The van der Waals surface area contributed by atoms with Crippen LogP contribution in [0.25, 0.3) is 56.2 Å². The summed E-state index contributed by atoms with van der Waals surface area (Å²) in [6.45, 7) is 7.23. The number of carboxylic acids is 1. The molecule has 0 radical (unpaired) electrons. The number of carbonyl (C=O) groups is 2. The van der Waals surface area contributed by atoms with Gasteiger partial charge in [0.2, 0.25) is 17.7 Å². The van der Waals surface area contributed by atoms with Crippen molar-refractivity contribution >= 4 is 34.1 Å². The number of hydrogen-bond donors (Lipinski definition) is 1. The lowest BCUT2D eigenvalue weighted by Gasteiger charge is -2.60. The largest absolute Gasteiger partial charge is 0.480 e. The number of likely N-dealkylation sites (tertiary alicyclic amines) is 3. The van der Waals surface area contributed by atoms with Gasteiger partial charge >= 0.3 is 12.6 Å². The van der Waals surface area contributed by atoms with E-state index in [0.717, 1.165) is 59.6 Å². The van der Waals surface area contributed by atoms with Crippen molar-refractivity contribution in [2.24, 2.45) is 5.41 Å². The first-order chi connectivity index (χ1) is 27.9. The predicted octanol–water partition coefficient (Wildman–Crippen LogP) is 7.77. The van der Waals surface area contributed by atoms with Crippen LogP contribution in [0.3, 0.4) is 0 Å². The lowest BCUT2D eigenvalue weighted by molar-refractivity contribution is -0.157. The number of nitrogens with zero attached hydrogens (tertiary/aromatic N) is 6. The molecule has 2 aromatic heterocycles. The summed E-state index contributed by atoms with van der Waals surface area (Å²) in [6.07, 6.45) is 1.18. The van der Waals surface area contributed by atoms with Gasteiger partial charge in [-0.3, -0.25) is 19.4 Å². The fourth-order valence-electron chi connectivity index (χ4n) is 9.11. The summed E-state index contributed by atoms with van der Waals surface area (Å²) in [5, 5.41) is 19.8. The third kappa shape index (κ3) is 6.63. The van der Waals surface area contributed by atoms with E-state index in [1.54, 1.807) is 17.9 Å². The van der Waals surface area contributed by atoms with Crippen molar-refractivity contribution in [2.45, 2.75) is 59.4 Å².